The van der Waals surface area contributed by atoms with Crippen LogP contribution in [0.25, 0.3) is 0 Å². The molecule has 0 radical (unpaired) electrons. The summed E-state index contributed by atoms with van der Waals surface area (Å²) in [6.45, 7) is 1.34. The number of carbonyl (C=O) groups excluding carboxylic acids is 1. The van der Waals surface area contributed by atoms with E-state index in [1.165, 1.54) is 12.3 Å². The van der Waals surface area contributed by atoms with Crippen LogP contribution in [-0.4, -0.2) is 58.8 Å². The molecular formula is C13H17ClN4O3. The quantitative estimate of drug-likeness (QED) is 0.481. The average molecular weight is 313 g/mol. The van der Waals surface area contributed by atoms with Crippen LogP contribution in [0.4, 0.5) is 5.69 Å². The van der Waals surface area contributed by atoms with Gasteiger partial charge in [-0.25, -0.2) is 4.98 Å². The van der Waals surface area contributed by atoms with Crippen LogP contribution in [0.2, 0.25) is 5.15 Å². The minimum Gasteiger partial charge on any atom is -0.334 e. The van der Waals surface area contributed by atoms with E-state index in [4.69, 9.17) is 11.6 Å². The van der Waals surface area contributed by atoms with Gasteiger partial charge in [0.1, 0.15) is 5.56 Å². The third kappa shape index (κ3) is 3.30. The van der Waals surface area contributed by atoms with Crippen molar-refractivity contribution in [1.29, 1.82) is 0 Å². The summed E-state index contributed by atoms with van der Waals surface area (Å²) < 4.78 is 0. The van der Waals surface area contributed by atoms with Crippen LogP contribution in [0.1, 0.15) is 23.2 Å². The van der Waals surface area contributed by atoms with E-state index in [0.29, 0.717) is 6.54 Å². The Morgan fingerprint density at radius 1 is 1.62 bits per heavy atom. The molecular weight excluding hydrogens is 296 g/mol. The third-order valence-electron chi connectivity index (χ3n) is 3.51. The van der Waals surface area contributed by atoms with E-state index in [9.17, 15) is 14.9 Å². The molecule has 1 amide bonds. The van der Waals surface area contributed by atoms with Crippen LogP contribution in [0, 0.1) is 10.1 Å². The van der Waals surface area contributed by atoms with Gasteiger partial charge in [0.15, 0.2) is 0 Å². The summed E-state index contributed by atoms with van der Waals surface area (Å²) in [6.07, 6.45) is 3.12. The van der Waals surface area contributed by atoms with Crippen LogP contribution < -0.4 is 0 Å². The first-order chi connectivity index (χ1) is 9.91. The van der Waals surface area contributed by atoms with E-state index in [-0.39, 0.29) is 22.7 Å². The van der Waals surface area contributed by atoms with Crippen LogP contribution >= 0.6 is 11.6 Å². The zero-order valence-corrected chi connectivity index (χ0v) is 12.7. The molecule has 7 nitrogen and oxygen atoms in total. The van der Waals surface area contributed by atoms with Crippen LogP contribution in [0.15, 0.2) is 12.3 Å². The number of pyridine rings is 1. The molecule has 1 aromatic heterocycles. The summed E-state index contributed by atoms with van der Waals surface area (Å²) in [5, 5.41) is 10.9. The van der Waals surface area contributed by atoms with Crippen molar-refractivity contribution >= 4 is 23.2 Å². The van der Waals surface area contributed by atoms with E-state index < -0.39 is 10.6 Å². The topological polar surface area (TPSA) is 79.6 Å². The molecule has 114 valence electrons. The standard InChI is InChI=1S/C13H17ClN4O3/c1-16(2)8-9-4-3-7-17(9)13(19)10-5-6-15-12(14)11(10)18(20)21/h5-6,9H,3-4,7-8H2,1-2H3. The first kappa shape index (κ1) is 15.7. The van der Waals surface area contributed by atoms with Gasteiger partial charge in [-0.2, -0.15) is 0 Å². The largest absolute Gasteiger partial charge is 0.334 e. The fourth-order valence-electron chi connectivity index (χ4n) is 2.64. The highest BCUT2D eigenvalue weighted by Gasteiger charge is 2.34. The van der Waals surface area contributed by atoms with Gasteiger partial charge >= 0.3 is 5.69 Å². The van der Waals surface area contributed by atoms with Crippen LogP contribution in [0.3, 0.4) is 0 Å². The Labute approximate surface area is 127 Å². The number of nitrogens with zero attached hydrogens (tertiary/aromatic N) is 4. The summed E-state index contributed by atoms with van der Waals surface area (Å²) in [6, 6.07) is 1.43. The molecule has 1 aliphatic heterocycles. The predicted molar refractivity (Wildman–Crippen MR) is 78.5 cm³/mol. The molecule has 2 heterocycles. The van der Waals surface area contributed by atoms with Crippen molar-refractivity contribution in [2.24, 2.45) is 0 Å². The number of rotatable bonds is 4. The lowest BCUT2D eigenvalue weighted by atomic mass is 10.1. The van der Waals surface area contributed by atoms with Gasteiger partial charge in [-0.3, -0.25) is 14.9 Å². The fraction of sp³-hybridized carbons (Fsp3) is 0.538. The Balaban J connectivity index is 2.32. The van der Waals surface area contributed by atoms with Crippen molar-refractivity contribution in [3.63, 3.8) is 0 Å². The van der Waals surface area contributed by atoms with Crippen molar-refractivity contribution < 1.29 is 9.72 Å². The lowest BCUT2D eigenvalue weighted by molar-refractivity contribution is -0.385. The lowest BCUT2D eigenvalue weighted by Gasteiger charge is -2.27. The van der Waals surface area contributed by atoms with Crippen molar-refractivity contribution in [2.45, 2.75) is 18.9 Å². The second-order valence-electron chi connectivity index (χ2n) is 5.31. The number of carbonyl (C=O) groups is 1. The number of halogens is 1. The van der Waals surface area contributed by atoms with E-state index in [0.717, 1.165) is 19.4 Å². The number of likely N-dealkylation sites (N-methyl/N-ethyl adjacent to an activating group) is 1. The summed E-state index contributed by atoms with van der Waals surface area (Å²) >= 11 is 5.76. The molecule has 8 heteroatoms. The maximum Gasteiger partial charge on any atom is 0.319 e. The summed E-state index contributed by atoms with van der Waals surface area (Å²) in [5.74, 6) is -0.352. The zero-order chi connectivity index (χ0) is 15.6. The van der Waals surface area contributed by atoms with Gasteiger partial charge in [-0.15, -0.1) is 0 Å². The molecule has 1 aliphatic rings. The number of aromatic nitrogens is 1. The Hall–Kier alpha value is -1.73. The van der Waals surface area contributed by atoms with Crippen molar-refractivity contribution in [2.75, 3.05) is 27.2 Å². The number of likely N-dealkylation sites (tertiary alicyclic amines) is 1. The Morgan fingerprint density at radius 2 is 2.33 bits per heavy atom. The molecule has 1 saturated heterocycles. The van der Waals surface area contributed by atoms with E-state index >= 15 is 0 Å². The Kier molecular flexibility index (Phi) is 4.74. The number of amides is 1. The molecule has 2 rings (SSSR count). The highest BCUT2D eigenvalue weighted by Crippen LogP contribution is 2.29. The second-order valence-corrected chi connectivity index (χ2v) is 5.67. The van der Waals surface area contributed by atoms with Crippen LogP contribution in [0.5, 0.6) is 0 Å². The van der Waals surface area contributed by atoms with E-state index in [1.807, 2.05) is 19.0 Å². The smallest absolute Gasteiger partial charge is 0.319 e. The maximum atomic E-state index is 12.6. The number of hydrogen-bond donors (Lipinski definition) is 0. The summed E-state index contributed by atoms with van der Waals surface area (Å²) in [4.78, 5) is 30.5. The van der Waals surface area contributed by atoms with Crippen LogP contribution in [-0.2, 0) is 0 Å². The normalized spacial score (nSPS) is 18.3. The zero-order valence-electron chi connectivity index (χ0n) is 12.0. The molecule has 0 N–H and O–H groups in total. The molecule has 21 heavy (non-hydrogen) atoms. The predicted octanol–water partition coefficient (Wildman–Crippen LogP) is 1.81. The van der Waals surface area contributed by atoms with Gasteiger partial charge in [0.25, 0.3) is 5.91 Å². The van der Waals surface area contributed by atoms with Gasteiger partial charge in [-0.05, 0) is 33.0 Å². The van der Waals surface area contributed by atoms with Crippen molar-refractivity contribution in [1.82, 2.24) is 14.8 Å². The monoisotopic (exact) mass is 312 g/mol. The van der Waals surface area contributed by atoms with Gasteiger partial charge < -0.3 is 9.80 Å². The molecule has 0 saturated carbocycles. The van der Waals surface area contributed by atoms with E-state index in [2.05, 4.69) is 4.98 Å². The third-order valence-corrected chi connectivity index (χ3v) is 3.78. The molecule has 0 spiro atoms. The van der Waals surface area contributed by atoms with Gasteiger partial charge in [0, 0.05) is 25.3 Å². The molecule has 0 aromatic carbocycles. The minimum atomic E-state index is -0.653. The number of nitro groups is 1. The van der Waals surface area contributed by atoms with Crippen molar-refractivity contribution in [3.05, 3.63) is 33.1 Å². The lowest BCUT2D eigenvalue weighted by Crippen LogP contribution is -2.41. The SMILES string of the molecule is CN(C)CC1CCCN1C(=O)c1ccnc(Cl)c1[N+](=O)[O-]. The molecule has 0 bridgehead atoms. The first-order valence-corrected chi connectivity index (χ1v) is 7.04. The van der Waals surface area contributed by atoms with Crippen molar-refractivity contribution in [3.8, 4) is 0 Å². The maximum absolute atomic E-state index is 12.6. The highest BCUT2D eigenvalue weighted by atomic mass is 35.5. The summed E-state index contributed by atoms with van der Waals surface area (Å²) in [7, 11) is 3.87. The van der Waals surface area contributed by atoms with Gasteiger partial charge in [-0.1, -0.05) is 11.6 Å². The van der Waals surface area contributed by atoms with Gasteiger partial charge in [0.2, 0.25) is 5.15 Å². The molecule has 1 aromatic rings. The average Bonchev–Trinajstić information content (AvgIpc) is 2.84. The minimum absolute atomic E-state index is 0.00524. The fourth-order valence-corrected chi connectivity index (χ4v) is 2.87. The molecule has 1 fully saturated rings. The molecule has 1 atom stereocenters. The highest BCUT2D eigenvalue weighted by molar-refractivity contribution is 6.32. The molecule has 0 aliphatic carbocycles. The Morgan fingerprint density at radius 3 is 2.95 bits per heavy atom. The van der Waals surface area contributed by atoms with E-state index in [1.54, 1.807) is 4.90 Å². The summed E-state index contributed by atoms with van der Waals surface area (Å²) in [5.41, 5.74) is -0.412. The second kappa shape index (κ2) is 6.36. The van der Waals surface area contributed by atoms with Gasteiger partial charge in [0.05, 0.1) is 4.92 Å². The molecule has 1 unspecified atom stereocenters. The number of hydrogen-bond acceptors (Lipinski definition) is 5. The Bertz CT molecular complexity index is 564. The first-order valence-electron chi connectivity index (χ1n) is 6.66.